The van der Waals surface area contributed by atoms with Crippen molar-refractivity contribution in [3.05, 3.63) is 40.6 Å². The molecule has 0 amide bonds. The predicted octanol–water partition coefficient (Wildman–Crippen LogP) is 3.42. The summed E-state index contributed by atoms with van der Waals surface area (Å²) >= 11 is 0. The minimum absolute atomic E-state index is 0.0497. The lowest BCUT2D eigenvalue weighted by Gasteiger charge is -2.15. The van der Waals surface area contributed by atoms with Crippen molar-refractivity contribution in [2.45, 2.75) is 6.92 Å². The molecule has 3 rings (SSSR count). The Kier molecular flexibility index (Phi) is 5.63. The first-order valence-electron chi connectivity index (χ1n) is 8.57. The van der Waals surface area contributed by atoms with E-state index in [9.17, 15) is 9.59 Å². The van der Waals surface area contributed by atoms with Gasteiger partial charge < -0.3 is 28.1 Å². The molecular formula is C21H20O8. The second-order valence-corrected chi connectivity index (χ2v) is 5.93. The van der Waals surface area contributed by atoms with Crippen LogP contribution in [0.25, 0.3) is 22.3 Å². The molecule has 29 heavy (non-hydrogen) atoms. The number of carbonyl (C=O) groups is 1. The number of ether oxygens (including phenoxy) is 5. The number of methoxy groups -OCH3 is 4. The second kappa shape index (κ2) is 8.14. The number of hydrogen-bond donors (Lipinski definition) is 0. The van der Waals surface area contributed by atoms with Crippen LogP contribution in [0.3, 0.4) is 0 Å². The first-order chi connectivity index (χ1) is 13.9. The molecular weight excluding hydrogens is 380 g/mol. The van der Waals surface area contributed by atoms with Crippen LogP contribution in [0.2, 0.25) is 0 Å². The molecule has 8 heteroatoms. The van der Waals surface area contributed by atoms with E-state index in [4.69, 9.17) is 28.1 Å². The Labute approximate surface area is 166 Å². The van der Waals surface area contributed by atoms with Gasteiger partial charge in [-0.05, 0) is 24.3 Å². The average molecular weight is 400 g/mol. The Morgan fingerprint density at radius 1 is 0.862 bits per heavy atom. The average Bonchev–Trinajstić information content (AvgIpc) is 2.71. The van der Waals surface area contributed by atoms with Gasteiger partial charge in [-0.15, -0.1) is 0 Å². The molecule has 0 aliphatic carbocycles. The predicted molar refractivity (Wildman–Crippen MR) is 105 cm³/mol. The molecule has 0 bridgehead atoms. The highest BCUT2D eigenvalue weighted by molar-refractivity contribution is 5.89. The van der Waals surface area contributed by atoms with Crippen LogP contribution in [0, 0.1) is 0 Å². The van der Waals surface area contributed by atoms with Gasteiger partial charge in [-0.3, -0.25) is 9.59 Å². The summed E-state index contributed by atoms with van der Waals surface area (Å²) in [6.07, 6.45) is 0. The SMILES string of the molecule is COc1cc(-c2oc3cccc(OC(C)=O)c3c(=O)c2OC)cc(OC)c1OC. The number of benzene rings is 2. The Morgan fingerprint density at radius 2 is 1.48 bits per heavy atom. The summed E-state index contributed by atoms with van der Waals surface area (Å²) in [4.78, 5) is 24.5. The quantitative estimate of drug-likeness (QED) is 0.459. The van der Waals surface area contributed by atoms with Crippen molar-refractivity contribution < 1.29 is 32.9 Å². The first-order valence-corrected chi connectivity index (χ1v) is 8.57. The van der Waals surface area contributed by atoms with Gasteiger partial charge in [-0.25, -0.2) is 0 Å². The van der Waals surface area contributed by atoms with Crippen LogP contribution < -0.4 is 29.1 Å². The molecule has 0 aliphatic heterocycles. The number of fused-ring (bicyclic) bond motifs is 1. The lowest BCUT2D eigenvalue weighted by Crippen LogP contribution is -2.11. The van der Waals surface area contributed by atoms with E-state index in [1.807, 2.05) is 0 Å². The second-order valence-electron chi connectivity index (χ2n) is 5.93. The third-order valence-electron chi connectivity index (χ3n) is 4.22. The Bertz CT molecular complexity index is 1100. The summed E-state index contributed by atoms with van der Waals surface area (Å²) in [6, 6.07) is 8.02. The van der Waals surface area contributed by atoms with E-state index in [-0.39, 0.29) is 28.2 Å². The van der Waals surface area contributed by atoms with Gasteiger partial charge in [0.15, 0.2) is 17.3 Å². The summed E-state index contributed by atoms with van der Waals surface area (Å²) in [5.41, 5.74) is 0.237. The lowest BCUT2D eigenvalue weighted by atomic mass is 10.1. The van der Waals surface area contributed by atoms with E-state index in [0.717, 1.165) is 0 Å². The Balaban J connectivity index is 2.34. The molecule has 0 atom stereocenters. The van der Waals surface area contributed by atoms with Crippen LogP contribution in [0.15, 0.2) is 39.5 Å². The van der Waals surface area contributed by atoms with Crippen LogP contribution in [0.4, 0.5) is 0 Å². The monoisotopic (exact) mass is 400 g/mol. The van der Waals surface area contributed by atoms with Gasteiger partial charge in [0.1, 0.15) is 16.7 Å². The molecule has 8 nitrogen and oxygen atoms in total. The molecule has 152 valence electrons. The Hall–Kier alpha value is -3.68. The fourth-order valence-corrected chi connectivity index (χ4v) is 3.02. The fraction of sp³-hybridized carbons (Fsp3) is 0.238. The minimum Gasteiger partial charge on any atom is -0.493 e. The molecule has 0 saturated carbocycles. The maximum atomic E-state index is 13.1. The molecule has 2 aromatic carbocycles. The molecule has 0 saturated heterocycles. The third kappa shape index (κ3) is 3.56. The molecule has 0 aliphatic rings. The molecule has 1 aromatic heterocycles. The zero-order valence-corrected chi connectivity index (χ0v) is 16.7. The summed E-state index contributed by atoms with van der Waals surface area (Å²) in [5.74, 6) is 0.845. The van der Waals surface area contributed by atoms with Crippen LogP contribution >= 0.6 is 0 Å². The molecule has 1 heterocycles. The molecule has 0 fully saturated rings. The molecule has 0 N–H and O–H groups in total. The lowest BCUT2D eigenvalue weighted by molar-refractivity contribution is -0.131. The summed E-state index contributed by atoms with van der Waals surface area (Å²) in [5, 5.41) is 0.107. The van der Waals surface area contributed by atoms with Crippen LogP contribution in [-0.2, 0) is 4.79 Å². The zero-order valence-electron chi connectivity index (χ0n) is 16.7. The smallest absolute Gasteiger partial charge is 0.308 e. The normalized spacial score (nSPS) is 10.5. The van der Waals surface area contributed by atoms with Crippen molar-refractivity contribution in [2.75, 3.05) is 28.4 Å². The Morgan fingerprint density at radius 3 is 2.00 bits per heavy atom. The van der Waals surface area contributed by atoms with Crippen LogP contribution in [0.5, 0.6) is 28.7 Å². The van der Waals surface area contributed by atoms with Crippen molar-refractivity contribution in [2.24, 2.45) is 0 Å². The number of hydrogen-bond acceptors (Lipinski definition) is 8. The molecule has 0 radical (unpaired) electrons. The van der Waals surface area contributed by atoms with Gasteiger partial charge in [0, 0.05) is 12.5 Å². The first kappa shape index (κ1) is 20.1. The maximum Gasteiger partial charge on any atom is 0.308 e. The van der Waals surface area contributed by atoms with Crippen molar-refractivity contribution in [1.29, 1.82) is 0 Å². The largest absolute Gasteiger partial charge is 0.493 e. The molecule has 3 aromatic rings. The molecule has 0 unspecified atom stereocenters. The van der Waals surface area contributed by atoms with Crippen LogP contribution in [0.1, 0.15) is 6.92 Å². The number of rotatable bonds is 6. The van der Waals surface area contributed by atoms with E-state index in [0.29, 0.717) is 22.8 Å². The van der Waals surface area contributed by atoms with Crippen LogP contribution in [-0.4, -0.2) is 34.4 Å². The van der Waals surface area contributed by atoms with Gasteiger partial charge >= 0.3 is 5.97 Å². The summed E-state index contributed by atoms with van der Waals surface area (Å²) in [6.45, 7) is 1.25. The van der Waals surface area contributed by atoms with Crippen molar-refractivity contribution in [1.82, 2.24) is 0 Å². The highest BCUT2D eigenvalue weighted by Gasteiger charge is 2.23. The zero-order chi connectivity index (χ0) is 21.1. The summed E-state index contributed by atoms with van der Waals surface area (Å²) in [7, 11) is 5.82. The van der Waals surface area contributed by atoms with E-state index >= 15 is 0 Å². The van der Waals surface area contributed by atoms with Gasteiger partial charge in [-0.1, -0.05) is 6.07 Å². The topological polar surface area (TPSA) is 93.4 Å². The van der Waals surface area contributed by atoms with E-state index in [1.165, 1.54) is 41.4 Å². The highest BCUT2D eigenvalue weighted by atomic mass is 16.5. The highest BCUT2D eigenvalue weighted by Crippen LogP contribution is 2.43. The van der Waals surface area contributed by atoms with Crippen molar-refractivity contribution >= 4 is 16.9 Å². The molecule has 0 spiro atoms. The van der Waals surface area contributed by atoms with E-state index < -0.39 is 11.4 Å². The number of carbonyl (C=O) groups excluding carboxylic acids is 1. The van der Waals surface area contributed by atoms with Crippen molar-refractivity contribution in [3.63, 3.8) is 0 Å². The fourth-order valence-electron chi connectivity index (χ4n) is 3.02. The maximum absolute atomic E-state index is 13.1. The van der Waals surface area contributed by atoms with Gasteiger partial charge in [0.25, 0.3) is 0 Å². The van der Waals surface area contributed by atoms with E-state index in [2.05, 4.69) is 0 Å². The van der Waals surface area contributed by atoms with Gasteiger partial charge in [-0.2, -0.15) is 0 Å². The minimum atomic E-state index is -0.551. The van der Waals surface area contributed by atoms with Gasteiger partial charge in [0.05, 0.1) is 28.4 Å². The van der Waals surface area contributed by atoms with E-state index in [1.54, 1.807) is 24.3 Å². The summed E-state index contributed by atoms with van der Waals surface area (Å²) < 4.78 is 32.5. The third-order valence-corrected chi connectivity index (χ3v) is 4.22. The van der Waals surface area contributed by atoms with Crippen molar-refractivity contribution in [3.8, 4) is 40.1 Å². The van der Waals surface area contributed by atoms with Gasteiger partial charge in [0.2, 0.25) is 16.9 Å². The standard InChI is InChI=1S/C21H20O8/c1-11(22)28-13-7-6-8-14-17(13)18(23)21(27-5)19(29-14)12-9-15(24-2)20(26-4)16(10-12)25-3/h6-10H,1-5H3. The number of esters is 1.